The Labute approximate surface area is 162 Å². The van der Waals surface area contributed by atoms with Gasteiger partial charge in [0.05, 0.1) is 11.4 Å². The minimum atomic E-state index is -0.780. The Kier molecular flexibility index (Phi) is 6.23. The number of aromatic amines is 1. The number of aromatic nitrogens is 4. The maximum absolute atomic E-state index is 12.4. The van der Waals surface area contributed by atoms with Gasteiger partial charge in [0.25, 0.3) is 5.56 Å². The lowest BCUT2D eigenvalue weighted by molar-refractivity contribution is -0.136. The number of carbonyl (C=O) groups excluding carboxylic acids is 2. The summed E-state index contributed by atoms with van der Waals surface area (Å²) in [5, 5.41) is 9.46. The summed E-state index contributed by atoms with van der Waals surface area (Å²) in [5.74, 6) is -0.964. The van der Waals surface area contributed by atoms with Crippen LogP contribution in [0.1, 0.15) is 56.0 Å². The third-order valence-electron chi connectivity index (χ3n) is 4.72. The van der Waals surface area contributed by atoms with Crippen LogP contribution in [0.5, 0.6) is 0 Å². The molecule has 9 heteroatoms. The number of H-pyrrole nitrogens is 1. The third kappa shape index (κ3) is 4.47. The standard InChI is InChI=1S/C19H26N6O3/c1-3-4-7-10-20-17(27)18(28)22-15-11-12(2)24-25(15)19-21-14-9-6-5-8-13(14)16(26)23-19/h11H,3-10H2,1-2H3,(H,20,27)(H,22,28)(H,21,23,26). The number of carbonyl (C=O) groups is 2. The Balaban J connectivity index is 1.78. The van der Waals surface area contributed by atoms with Gasteiger partial charge in [0.1, 0.15) is 5.82 Å². The summed E-state index contributed by atoms with van der Waals surface area (Å²) in [7, 11) is 0. The van der Waals surface area contributed by atoms with E-state index in [1.54, 1.807) is 13.0 Å². The third-order valence-corrected chi connectivity index (χ3v) is 4.72. The van der Waals surface area contributed by atoms with Crippen molar-refractivity contribution in [3.05, 3.63) is 33.4 Å². The van der Waals surface area contributed by atoms with E-state index in [0.29, 0.717) is 12.2 Å². The SMILES string of the molecule is CCCCCNC(=O)C(=O)Nc1cc(C)nn1-c1nc2c(c(=O)[nH]1)CCCC2. The molecule has 9 nitrogen and oxygen atoms in total. The zero-order valence-corrected chi connectivity index (χ0v) is 16.3. The van der Waals surface area contributed by atoms with Gasteiger partial charge in [-0.1, -0.05) is 19.8 Å². The number of amides is 2. The monoisotopic (exact) mass is 386 g/mol. The van der Waals surface area contributed by atoms with Gasteiger partial charge in [0.15, 0.2) is 0 Å². The van der Waals surface area contributed by atoms with Crippen molar-refractivity contribution in [2.24, 2.45) is 0 Å². The average molecular weight is 386 g/mol. The number of hydrogen-bond acceptors (Lipinski definition) is 5. The highest BCUT2D eigenvalue weighted by Crippen LogP contribution is 2.19. The van der Waals surface area contributed by atoms with Crippen LogP contribution in [0, 0.1) is 6.92 Å². The Morgan fingerprint density at radius 1 is 1.21 bits per heavy atom. The zero-order valence-electron chi connectivity index (χ0n) is 16.3. The molecule has 0 fully saturated rings. The van der Waals surface area contributed by atoms with E-state index >= 15 is 0 Å². The van der Waals surface area contributed by atoms with Crippen LogP contribution in [0.15, 0.2) is 10.9 Å². The van der Waals surface area contributed by atoms with E-state index in [2.05, 4.69) is 32.6 Å². The second kappa shape index (κ2) is 8.81. The maximum atomic E-state index is 12.4. The summed E-state index contributed by atoms with van der Waals surface area (Å²) in [6.45, 7) is 4.28. The predicted molar refractivity (Wildman–Crippen MR) is 105 cm³/mol. The summed E-state index contributed by atoms with van der Waals surface area (Å²) in [6.07, 6.45) is 6.28. The normalized spacial score (nSPS) is 13.1. The van der Waals surface area contributed by atoms with Gasteiger partial charge in [-0.2, -0.15) is 9.78 Å². The van der Waals surface area contributed by atoms with Crippen molar-refractivity contribution in [3.8, 4) is 5.95 Å². The van der Waals surface area contributed by atoms with E-state index in [1.165, 1.54) is 4.68 Å². The molecule has 150 valence electrons. The molecule has 2 aromatic heterocycles. The van der Waals surface area contributed by atoms with Gasteiger partial charge in [-0.15, -0.1) is 0 Å². The van der Waals surface area contributed by atoms with Crippen LogP contribution in [0.25, 0.3) is 5.95 Å². The number of nitrogens with zero attached hydrogens (tertiary/aromatic N) is 3. The van der Waals surface area contributed by atoms with Crippen LogP contribution in [-0.2, 0) is 22.4 Å². The molecular formula is C19H26N6O3. The number of nitrogens with one attached hydrogen (secondary N) is 3. The molecule has 3 N–H and O–H groups in total. The molecule has 2 heterocycles. The number of rotatable bonds is 6. The van der Waals surface area contributed by atoms with E-state index in [-0.39, 0.29) is 17.3 Å². The molecule has 2 aromatic rings. The van der Waals surface area contributed by atoms with Gasteiger partial charge in [0.2, 0.25) is 5.95 Å². The maximum Gasteiger partial charge on any atom is 0.314 e. The van der Waals surface area contributed by atoms with E-state index in [1.807, 2.05) is 0 Å². The van der Waals surface area contributed by atoms with Crippen molar-refractivity contribution in [2.45, 2.75) is 58.8 Å². The highest BCUT2D eigenvalue weighted by Gasteiger charge is 2.20. The first-order chi connectivity index (χ1) is 13.5. The molecule has 1 aliphatic rings. The summed E-state index contributed by atoms with van der Waals surface area (Å²) in [4.78, 5) is 43.9. The molecule has 0 bridgehead atoms. The lowest BCUT2D eigenvalue weighted by Gasteiger charge is -2.15. The summed E-state index contributed by atoms with van der Waals surface area (Å²) >= 11 is 0. The number of fused-ring (bicyclic) bond motifs is 1. The summed E-state index contributed by atoms with van der Waals surface area (Å²) < 4.78 is 1.36. The molecule has 0 aliphatic heterocycles. The number of anilines is 1. The fourth-order valence-electron chi connectivity index (χ4n) is 3.27. The molecular weight excluding hydrogens is 360 g/mol. The van der Waals surface area contributed by atoms with Crippen molar-refractivity contribution in [2.75, 3.05) is 11.9 Å². The molecule has 0 unspecified atom stereocenters. The second-order valence-electron chi connectivity index (χ2n) is 7.02. The van der Waals surface area contributed by atoms with E-state index in [4.69, 9.17) is 0 Å². The molecule has 3 rings (SSSR count). The van der Waals surface area contributed by atoms with Crippen LogP contribution < -0.4 is 16.2 Å². The van der Waals surface area contributed by atoms with E-state index in [0.717, 1.165) is 56.2 Å². The number of hydrogen-bond donors (Lipinski definition) is 3. The Hall–Kier alpha value is -2.97. The number of aryl methyl sites for hydroxylation is 2. The lowest BCUT2D eigenvalue weighted by Crippen LogP contribution is -2.36. The van der Waals surface area contributed by atoms with Crippen LogP contribution in [-0.4, -0.2) is 38.1 Å². The first-order valence-electron chi connectivity index (χ1n) is 9.78. The smallest absolute Gasteiger partial charge is 0.314 e. The first-order valence-corrected chi connectivity index (χ1v) is 9.78. The largest absolute Gasteiger partial charge is 0.348 e. The van der Waals surface area contributed by atoms with Gasteiger partial charge < -0.3 is 10.6 Å². The second-order valence-corrected chi connectivity index (χ2v) is 7.02. The van der Waals surface area contributed by atoms with E-state index < -0.39 is 11.8 Å². The lowest BCUT2D eigenvalue weighted by atomic mass is 9.97. The minimum Gasteiger partial charge on any atom is -0.348 e. The van der Waals surface area contributed by atoms with Crippen molar-refractivity contribution in [1.29, 1.82) is 0 Å². The van der Waals surface area contributed by atoms with Gasteiger partial charge in [-0.05, 0) is 39.0 Å². The fourth-order valence-corrected chi connectivity index (χ4v) is 3.27. The van der Waals surface area contributed by atoms with Crippen molar-refractivity contribution < 1.29 is 9.59 Å². The quantitative estimate of drug-likeness (QED) is 0.511. The van der Waals surface area contributed by atoms with Gasteiger partial charge in [-0.25, -0.2) is 4.98 Å². The zero-order chi connectivity index (χ0) is 20.1. The summed E-state index contributed by atoms with van der Waals surface area (Å²) in [5.41, 5.74) is 1.93. The molecule has 0 atom stereocenters. The topological polar surface area (TPSA) is 122 Å². The molecule has 28 heavy (non-hydrogen) atoms. The predicted octanol–water partition coefficient (Wildman–Crippen LogP) is 1.39. The van der Waals surface area contributed by atoms with Crippen molar-refractivity contribution in [3.63, 3.8) is 0 Å². The van der Waals surface area contributed by atoms with Crippen molar-refractivity contribution in [1.82, 2.24) is 25.1 Å². The summed E-state index contributed by atoms with van der Waals surface area (Å²) in [6, 6.07) is 1.63. The van der Waals surface area contributed by atoms with Crippen LogP contribution in [0.4, 0.5) is 5.82 Å². The van der Waals surface area contributed by atoms with Gasteiger partial charge in [0, 0.05) is 18.2 Å². The van der Waals surface area contributed by atoms with Gasteiger partial charge in [-0.3, -0.25) is 19.4 Å². The van der Waals surface area contributed by atoms with Crippen molar-refractivity contribution >= 4 is 17.6 Å². The first kappa shape index (κ1) is 19.8. The average Bonchev–Trinajstić information content (AvgIpc) is 3.05. The molecule has 1 aliphatic carbocycles. The molecule has 0 saturated heterocycles. The fraction of sp³-hybridized carbons (Fsp3) is 0.526. The Morgan fingerprint density at radius 3 is 2.79 bits per heavy atom. The molecule has 0 aromatic carbocycles. The van der Waals surface area contributed by atoms with Crippen LogP contribution in [0.2, 0.25) is 0 Å². The van der Waals surface area contributed by atoms with Gasteiger partial charge >= 0.3 is 11.8 Å². The van der Waals surface area contributed by atoms with Crippen LogP contribution in [0.3, 0.4) is 0 Å². The minimum absolute atomic E-state index is 0.182. The van der Waals surface area contributed by atoms with E-state index in [9.17, 15) is 14.4 Å². The molecule has 0 radical (unpaired) electrons. The molecule has 0 spiro atoms. The van der Waals surface area contributed by atoms with Crippen LogP contribution >= 0.6 is 0 Å². The number of unbranched alkanes of at least 4 members (excludes halogenated alkanes) is 2. The Bertz CT molecular complexity index is 930. The highest BCUT2D eigenvalue weighted by molar-refractivity contribution is 6.39. The Morgan fingerprint density at radius 2 is 2.00 bits per heavy atom. The highest BCUT2D eigenvalue weighted by atomic mass is 16.2. The molecule has 0 saturated carbocycles. The molecule has 2 amide bonds.